The number of likely N-dealkylation sites (tertiary alicyclic amines) is 2. The molecule has 2 aliphatic rings. The zero-order valence-electron chi connectivity index (χ0n) is 15.8. The molecule has 0 saturated carbocycles. The number of aromatic nitrogens is 3. The van der Waals surface area contributed by atoms with Crippen molar-refractivity contribution in [3.8, 4) is 0 Å². The van der Waals surface area contributed by atoms with Gasteiger partial charge in [0.05, 0.1) is 11.9 Å². The van der Waals surface area contributed by atoms with Crippen LogP contribution in [0.25, 0.3) is 11.0 Å². The molecular formula is C19H25N5O3. The Hall–Kier alpha value is -2.48. The maximum Gasteiger partial charge on any atom is 0.332 e. The third-order valence-electron chi connectivity index (χ3n) is 5.84. The van der Waals surface area contributed by atoms with Crippen LogP contribution < -0.4 is 11.2 Å². The van der Waals surface area contributed by atoms with E-state index in [0.717, 1.165) is 36.3 Å². The number of nitrogens with zero attached hydrogens (tertiary/aromatic N) is 5. The fourth-order valence-corrected chi connectivity index (χ4v) is 4.16. The molecule has 0 spiro atoms. The molecule has 0 bridgehead atoms. The summed E-state index contributed by atoms with van der Waals surface area (Å²) in [6.07, 6.45) is 3.20. The topological polar surface area (TPSA) is 80.4 Å². The molecule has 2 saturated heterocycles. The van der Waals surface area contributed by atoms with Gasteiger partial charge < -0.3 is 4.90 Å². The van der Waals surface area contributed by atoms with Crippen LogP contribution in [-0.4, -0.2) is 62.5 Å². The van der Waals surface area contributed by atoms with Gasteiger partial charge in [0, 0.05) is 38.8 Å². The highest BCUT2D eigenvalue weighted by Gasteiger charge is 2.29. The summed E-state index contributed by atoms with van der Waals surface area (Å²) in [5.74, 6) is 0.317. The van der Waals surface area contributed by atoms with E-state index in [1.54, 1.807) is 13.1 Å². The average molecular weight is 371 g/mol. The molecule has 0 radical (unpaired) electrons. The number of aryl methyl sites for hydroxylation is 1. The molecule has 1 amide bonds. The van der Waals surface area contributed by atoms with E-state index in [1.165, 1.54) is 24.5 Å². The zero-order chi connectivity index (χ0) is 19.1. The first-order chi connectivity index (χ1) is 13.0. The maximum atomic E-state index is 12.5. The van der Waals surface area contributed by atoms with Crippen LogP contribution in [0.4, 0.5) is 0 Å². The number of carbonyl (C=O) groups is 1. The summed E-state index contributed by atoms with van der Waals surface area (Å²) in [6.45, 7) is 3.90. The number of hydrogen-bond acceptors (Lipinski definition) is 5. The Labute approximate surface area is 157 Å². The number of fused-ring (bicyclic) bond motifs is 1. The van der Waals surface area contributed by atoms with Gasteiger partial charge in [-0.15, -0.1) is 0 Å². The quantitative estimate of drug-likeness (QED) is 0.761. The van der Waals surface area contributed by atoms with Gasteiger partial charge in [-0.2, -0.15) is 0 Å². The molecule has 2 fully saturated rings. The molecule has 2 aromatic rings. The molecule has 0 aromatic carbocycles. The zero-order valence-corrected chi connectivity index (χ0v) is 15.8. The number of amides is 1. The van der Waals surface area contributed by atoms with Gasteiger partial charge in [-0.3, -0.25) is 23.6 Å². The highest BCUT2D eigenvalue weighted by atomic mass is 16.2. The normalized spacial score (nSPS) is 20.7. The molecule has 144 valence electrons. The molecule has 8 heteroatoms. The Bertz CT molecular complexity index is 1000. The van der Waals surface area contributed by atoms with Crippen LogP contribution in [0.15, 0.2) is 21.7 Å². The van der Waals surface area contributed by atoms with Crippen molar-refractivity contribution in [2.45, 2.75) is 25.2 Å². The molecule has 0 unspecified atom stereocenters. The SMILES string of the molecule is Cn1c(=O)c2ccc([C@@H]3CCN(C(=O)CN4CCCC4)C3)nc2n(C)c1=O. The summed E-state index contributed by atoms with van der Waals surface area (Å²) in [5.41, 5.74) is 0.525. The summed E-state index contributed by atoms with van der Waals surface area (Å²) in [4.78, 5) is 45.8. The monoisotopic (exact) mass is 371 g/mol. The van der Waals surface area contributed by atoms with Gasteiger partial charge in [0.15, 0.2) is 0 Å². The summed E-state index contributed by atoms with van der Waals surface area (Å²) in [5, 5.41) is 0.434. The van der Waals surface area contributed by atoms with Crippen LogP contribution in [0.1, 0.15) is 30.9 Å². The summed E-state index contributed by atoms with van der Waals surface area (Å²) < 4.78 is 2.50. The predicted molar refractivity (Wildman–Crippen MR) is 102 cm³/mol. The second-order valence-corrected chi connectivity index (χ2v) is 7.62. The highest BCUT2D eigenvalue weighted by molar-refractivity contribution is 5.79. The Morgan fingerprint density at radius 2 is 1.85 bits per heavy atom. The van der Waals surface area contributed by atoms with Crippen molar-refractivity contribution in [1.82, 2.24) is 23.9 Å². The highest BCUT2D eigenvalue weighted by Crippen LogP contribution is 2.27. The Kier molecular flexibility index (Phi) is 4.59. The Morgan fingerprint density at radius 1 is 1.11 bits per heavy atom. The van der Waals surface area contributed by atoms with Crippen LogP contribution >= 0.6 is 0 Å². The maximum absolute atomic E-state index is 12.5. The summed E-state index contributed by atoms with van der Waals surface area (Å²) >= 11 is 0. The van der Waals surface area contributed by atoms with Crippen molar-refractivity contribution in [2.75, 3.05) is 32.7 Å². The number of pyridine rings is 1. The minimum Gasteiger partial charge on any atom is -0.341 e. The molecule has 1 atom stereocenters. The van der Waals surface area contributed by atoms with Crippen molar-refractivity contribution in [1.29, 1.82) is 0 Å². The molecule has 0 N–H and O–H groups in total. The van der Waals surface area contributed by atoms with Crippen molar-refractivity contribution in [2.24, 2.45) is 14.1 Å². The van der Waals surface area contributed by atoms with Crippen molar-refractivity contribution in [3.05, 3.63) is 38.7 Å². The van der Waals surface area contributed by atoms with Crippen LogP contribution in [0, 0.1) is 0 Å². The second-order valence-electron chi connectivity index (χ2n) is 7.62. The van der Waals surface area contributed by atoms with Crippen molar-refractivity contribution >= 4 is 16.9 Å². The van der Waals surface area contributed by atoms with E-state index in [-0.39, 0.29) is 23.1 Å². The Morgan fingerprint density at radius 3 is 2.59 bits per heavy atom. The second kappa shape index (κ2) is 6.92. The fourth-order valence-electron chi connectivity index (χ4n) is 4.16. The smallest absolute Gasteiger partial charge is 0.332 e. The minimum atomic E-state index is -0.383. The molecule has 2 aromatic heterocycles. The van der Waals surface area contributed by atoms with Gasteiger partial charge in [0.2, 0.25) is 5.91 Å². The molecule has 4 rings (SSSR count). The van der Waals surface area contributed by atoms with Crippen LogP contribution in [0.2, 0.25) is 0 Å². The summed E-state index contributed by atoms with van der Waals surface area (Å²) in [7, 11) is 3.10. The van der Waals surface area contributed by atoms with Crippen molar-refractivity contribution in [3.63, 3.8) is 0 Å². The first-order valence-corrected chi connectivity index (χ1v) is 9.52. The lowest BCUT2D eigenvalue weighted by molar-refractivity contribution is -0.131. The van der Waals surface area contributed by atoms with E-state index < -0.39 is 0 Å². The standard InChI is InChI=1S/C19H25N5O3/c1-21-17-14(18(26)22(2)19(21)27)5-6-15(20-17)13-7-10-24(11-13)16(25)12-23-8-3-4-9-23/h5-6,13H,3-4,7-12H2,1-2H3/t13-/m1/s1. The van der Waals surface area contributed by atoms with Crippen LogP contribution in [0.3, 0.4) is 0 Å². The molecule has 4 heterocycles. The average Bonchev–Trinajstić information content (AvgIpc) is 3.36. The van der Waals surface area contributed by atoms with Gasteiger partial charge in [0.1, 0.15) is 5.65 Å². The van der Waals surface area contributed by atoms with E-state index in [1.807, 2.05) is 11.0 Å². The number of carbonyl (C=O) groups excluding carboxylic acids is 1. The van der Waals surface area contributed by atoms with Gasteiger partial charge in [-0.25, -0.2) is 9.78 Å². The largest absolute Gasteiger partial charge is 0.341 e. The van der Waals surface area contributed by atoms with E-state index in [0.29, 0.717) is 24.1 Å². The third kappa shape index (κ3) is 3.18. The van der Waals surface area contributed by atoms with Gasteiger partial charge in [-0.05, 0) is 44.5 Å². The third-order valence-corrected chi connectivity index (χ3v) is 5.84. The van der Waals surface area contributed by atoms with Gasteiger partial charge in [-0.1, -0.05) is 0 Å². The Balaban J connectivity index is 1.55. The lowest BCUT2D eigenvalue weighted by Gasteiger charge is -2.21. The molecule has 2 aliphatic heterocycles. The number of hydrogen-bond donors (Lipinski definition) is 0. The lowest BCUT2D eigenvalue weighted by atomic mass is 10.0. The van der Waals surface area contributed by atoms with Gasteiger partial charge in [0.25, 0.3) is 5.56 Å². The summed E-state index contributed by atoms with van der Waals surface area (Å²) in [6, 6.07) is 3.60. The van der Waals surface area contributed by atoms with E-state index >= 15 is 0 Å². The fraction of sp³-hybridized carbons (Fsp3) is 0.579. The van der Waals surface area contributed by atoms with E-state index in [2.05, 4.69) is 9.88 Å². The van der Waals surface area contributed by atoms with Gasteiger partial charge >= 0.3 is 5.69 Å². The molecule has 27 heavy (non-hydrogen) atoms. The predicted octanol–water partition coefficient (Wildman–Crippen LogP) is 0.0439. The minimum absolute atomic E-state index is 0.135. The van der Waals surface area contributed by atoms with E-state index in [4.69, 9.17) is 0 Å². The van der Waals surface area contributed by atoms with Crippen LogP contribution in [-0.2, 0) is 18.9 Å². The molecule has 0 aliphatic carbocycles. The van der Waals surface area contributed by atoms with Crippen LogP contribution in [0.5, 0.6) is 0 Å². The first kappa shape index (κ1) is 17.9. The van der Waals surface area contributed by atoms with Crippen molar-refractivity contribution < 1.29 is 4.79 Å². The van der Waals surface area contributed by atoms with E-state index in [9.17, 15) is 14.4 Å². The molecular weight excluding hydrogens is 346 g/mol. The number of rotatable bonds is 3. The molecule has 8 nitrogen and oxygen atoms in total. The lowest BCUT2D eigenvalue weighted by Crippen LogP contribution is -2.38. The first-order valence-electron chi connectivity index (χ1n) is 9.52.